The van der Waals surface area contributed by atoms with Gasteiger partial charge in [-0.25, -0.2) is 9.59 Å². The lowest BCUT2D eigenvalue weighted by Gasteiger charge is -2.23. The van der Waals surface area contributed by atoms with Gasteiger partial charge < -0.3 is 14.4 Å². The molecule has 0 radical (unpaired) electrons. The molecule has 28 heavy (non-hydrogen) atoms. The zero-order valence-electron chi connectivity index (χ0n) is 15.3. The number of methoxy groups -OCH3 is 2. The van der Waals surface area contributed by atoms with Gasteiger partial charge in [0.2, 0.25) is 0 Å². The second-order valence-electron chi connectivity index (χ2n) is 5.84. The molecule has 0 spiro atoms. The minimum atomic E-state index is -0.652. The number of halogens is 1. The Labute approximate surface area is 167 Å². The topological polar surface area (TPSA) is 73.7 Å². The number of hydrogen-bond donors (Lipinski definition) is 0. The highest BCUT2D eigenvalue weighted by atomic mass is 35.5. The maximum absolute atomic E-state index is 12.5. The Balaban J connectivity index is 2.03. The van der Waals surface area contributed by atoms with Crippen LogP contribution >= 0.6 is 11.6 Å². The number of carbonyl (C=O) groups excluding carboxylic acids is 2. The largest absolute Gasteiger partial charge is 0.465 e. The molecular formula is C20H18ClN3O4. The molecule has 0 amide bonds. The summed E-state index contributed by atoms with van der Waals surface area (Å²) in [5, 5.41) is 4.73. The highest BCUT2D eigenvalue weighted by Crippen LogP contribution is 2.27. The van der Waals surface area contributed by atoms with Crippen LogP contribution in [-0.2, 0) is 25.6 Å². The number of aromatic nitrogens is 2. The third-order valence-corrected chi connectivity index (χ3v) is 4.22. The zero-order chi connectivity index (χ0) is 20.1. The molecule has 1 aromatic heterocycles. The Kier molecular flexibility index (Phi) is 5.96. The summed E-state index contributed by atoms with van der Waals surface area (Å²) in [6, 6.07) is 7.51. The fourth-order valence-electron chi connectivity index (χ4n) is 2.78. The first-order valence-corrected chi connectivity index (χ1v) is 8.73. The Morgan fingerprint density at radius 2 is 1.93 bits per heavy atom. The van der Waals surface area contributed by atoms with Crippen LogP contribution in [0.3, 0.4) is 0 Å². The first-order chi connectivity index (χ1) is 13.5. The maximum Gasteiger partial charge on any atom is 0.355 e. The number of anilines is 1. The Morgan fingerprint density at radius 3 is 2.61 bits per heavy atom. The van der Waals surface area contributed by atoms with Gasteiger partial charge in [0.1, 0.15) is 5.70 Å². The summed E-state index contributed by atoms with van der Waals surface area (Å²) in [4.78, 5) is 26.3. The molecule has 2 heterocycles. The molecule has 7 nitrogen and oxygen atoms in total. The molecule has 0 saturated heterocycles. The van der Waals surface area contributed by atoms with Gasteiger partial charge in [0.05, 0.1) is 37.6 Å². The van der Waals surface area contributed by atoms with Crippen LogP contribution in [0.2, 0.25) is 5.02 Å². The molecule has 0 saturated carbocycles. The summed E-state index contributed by atoms with van der Waals surface area (Å²) in [5.74, 6) is -1.28. The van der Waals surface area contributed by atoms with Crippen molar-refractivity contribution in [3.8, 4) is 0 Å². The predicted molar refractivity (Wildman–Crippen MR) is 105 cm³/mol. The molecule has 2 aromatic rings. The number of esters is 2. The third-order valence-electron chi connectivity index (χ3n) is 4.02. The summed E-state index contributed by atoms with van der Waals surface area (Å²) < 4.78 is 11.4. The third kappa shape index (κ3) is 4.15. The number of allylic oxidation sites excluding steroid dienone is 2. The van der Waals surface area contributed by atoms with Crippen LogP contribution in [0.1, 0.15) is 5.56 Å². The van der Waals surface area contributed by atoms with Crippen molar-refractivity contribution in [2.45, 2.75) is 6.54 Å². The quantitative estimate of drug-likeness (QED) is 0.719. The first kappa shape index (κ1) is 19.4. The number of benzene rings is 1. The molecule has 1 aromatic carbocycles. The van der Waals surface area contributed by atoms with Crippen molar-refractivity contribution in [3.63, 3.8) is 0 Å². The molecule has 0 aliphatic carbocycles. The van der Waals surface area contributed by atoms with E-state index >= 15 is 0 Å². The van der Waals surface area contributed by atoms with Crippen molar-refractivity contribution in [2.75, 3.05) is 19.1 Å². The highest BCUT2D eigenvalue weighted by Gasteiger charge is 2.27. The maximum atomic E-state index is 12.5. The van der Waals surface area contributed by atoms with Crippen LogP contribution < -0.4 is 4.90 Å². The van der Waals surface area contributed by atoms with E-state index in [0.717, 1.165) is 5.56 Å². The molecule has 0 unspecified atom stereocenters. The molecular weight excluding hydrogens is 382 g/mol. The smallest absolute Gasteiger partial charge is 0.355 e. The van der Waals surface area contributed by atoms with E-state index in [1.165, 1.54) is 20.3 Å². The fourth-order valence-corrected chi connectivity index (χ4v) is 2.94. The number of hydrogen-bond acceptors (Lipinski definition) is 6. The lowest BCUT2D eigenvalue weighted by Crippen LogP contribution is -2.27. The van der Waals surface area contributed by atoms with E-state index in [1.807, 2.05) is 24.3 Å². The van der Waals surface area contributed by atoms with E-state index in [1.54, 1.807) is 40.3 Å². The molecule has 144 valence electrons. The van der Waals surface area contributed by atoms with Crippen LogP contribution in [0.4, 0.5) is 5.69 Å². The highest BCUT2D eigenvalue weighted by molar-refractivity contribution is 6.30. The Bertz CT molecular complexity index is 991. The van der Waals surface area contributed by atoms with E-state index < -0.39 is 11.9 Å². The van der Waals surface area contributed by atoms with Crippen molar-refractivity contribution in [1.29, 1.82) is 0 Å². The molecule has 1 aliphatic heterocycles. The second kappa shape index (κ2) is 8.58. The average Bonchev–Trinajstić information content (AvgIpc) is 2.99. The van der Waals surface area contributed by atoms with Crippen LogP contribution in [0.15, 0.2) is 72.4 Å². The van der Waals surface area contributed by atoms with E-state index in [0.29, 0.717) is 17.3 Å². The average molecular weight is 400 g/mol. The van der Waals surface area contributed by atoms with Crippen LogP contribution in [-0.4, -0.2) is 35.9 Å². The van der Waals surface area contributed by atoms with E-state index in [2.05, 4.69) is 5.10 Å². The van der Waals surface area contributed by atoms with Crippen molar-refractivity contribution in [3.05, 3.63) is 82.9 Å². The van der Waals surface area contributed by atoms with Gasteiger partial charge in [-0.3, -0.25) is 4.68 Å². The molecule has 3 rings (SSSR count). The molecule has 8 heteroatoms. The summed E-state index contributed by atoms with van der Waals surface area (Å²) >= 11 is 5.92. The fraction of sp³-hybridized carbons (Fsp3) is 0.150. The Morgan fingerprint density at radius 1 is 1.14 bits per heavy atom. The number of ether oxygens (including phenoxy) is 2. The van der Waals surface area contributed by atoms with Gasteiger partial charge >= 0.3 is 11.9 Å². The number of rotatable bonds is 5. The van der Waals surface area contributed by atoms with Crippen molar-refractivity contribution < 1.29 is 19.1 Å². The van der Waals surface area contributed by atoms with Gasteiger partial charge in [0.25, 0.3) is 0 Å². The second-order valence-corrected chi connectivity index (χ2v) is 6.28. The van der Waals surface area contributed by atoms with Crippen molar-refractivity contribution in [2.24, 2.45) is 0 Å². The minimum Gasteiger partial charge on any atom is -0.465 e. The lowest BCUT2D eigenvalue weighted by molar-refractivity contribution is -0.139. The Hall–Kier alpha value is -3.32. The van der Waals surface area contributed by atoms with Crippen LogP contribution in [0.25, 0.3) is 0 Å². The number of nitrogens with zero attached hydrogens (tertiary/aromatic N) is 3. The van der Waals surface area contributed by atoms with Gasteiger partial charge in [0.15, 0.2) is 0 Å². The predicted octanol–water partition coefficient (Wildman–Crippen LogP) is 3.07. The first-order valence-electron chi connectivity index (χ1n) is 8.35. The monoisotopic (exact) mass is 399 g/mol. The lowest BCUT2D eigenvalue weighted by atomic mass is 10.1. The summed E-state index contributed by atoms with van der Waals surface area (Å²) in [5.41, 5.74) is 1.78. The van der Waals surface area contributed by atoms with Gasteiger partial charge in [-0.15, -0.1) is 0 Å². The zero-order valence-corrected chi connectivity index (χ0v) is 16.1. The SMILES string of the molecule is COC(=O)C1=C(C(=O)OC)N(c2cccc(Cn3cc(Cl)cn3)c2)C=CC=C1. The van der Waals surface area contributed by atoms with Crippen molar-refractivity contribution >= 4 is 29.2 Å². The summed E-state index contributed by atoms with van der Waals surface area (Å²) in [6.07, 6.45) is 9.87. The van der Waals surface area contributed by atoms with Crippen LogP contribution in [0, 0.1) is 0 Å². The van der Waals surface area contributed by atoms with Crippen molar-refractivity contribution in [1.82, 2.24) is 9.78 Å². The standard InChI is InChI=1S/C20H18ClN3O4/c1-27-19(25)17-8-3-4-9-24(18(17)20(26)28-2)16-7-5-6-14(10-16)12-23-13-15(21)11-22-23/h3-11,13H,12H2,1-2H3. The normalized spacial score (nSPS) is 13.5. The van der Waals surface area contributed by atoms with Gasteiger partial charge in [0, 0.05) is 18.1 Å². The summed E-state index contributed by atoms with van der Waals surface area (Å²) in [7, 11) is 2.52. The van der Waals surface area contributed by atoms with Gasteiger partial charge in [-0.1, -0.05) is 29.8 Å². The van der Waals surface area contributed by atoms with E-state index in [4.69, 9.17) is 21.1 Å². The summed E-state index contributed by atoms with van der Waals surface area (Å²) in [6.45, 7) is 0.498. The molecule has 0 atom stereocenters. The van der Waals surface area contributed by atoms with Crippen LogP contribution in [0.5, 0.6) is 0 Å². The molecule has 0 N–H and O–H groups in total. The minimum absolute atomic E-state index is 0.0682. The molecule has 0 fully saturated rings. The molecule has 1 aliphatic rings. The number of carbonyl (C=O) groups is 2. The van der Waals surface area contributed by atoms with E-state index in [-0.39, 0.29) is 11.3 Å². The molecule has 0 bridgehead atoms. The van der Waals surface area contributed by atoms with E-state index in [9.17, 15) is 9.59 Å². The van der Waals surface area contributed by atoms with Gasteiger partial charge in [-0.05, 0) is 29.8 Å². The van der Waals surface area contributed by atoms with Gasteiger partial charge in [-0.2, -0.15) is 5.10 Å².